The first-order valence-corrected chi connectivity index (χ1v) is 13.3. The van der Waals surface area contributed by atoms with Gasteiger partial charge in [0.25, 0.3) is 0 Å². The topological polar surface area (TPSA) is 54.8 Å². The van der Waals surface area contributed by atoms with Crippen LogP contribution in [0.1, 0.15) is 58.2 Å². The molecule has 208 valence electrons. The molecule has 4 aromatic rings. The van der Waals surface area contributed by atoms with Gasteiger partial charge in [0.05, 0.1) is 11.3 Å². The molecular formula is C32H34F3N5. The predicted molar refractivity (Wildman–Crippen MR) is 153 cm³/mol. The molecule has 0 spiro atoms. The van der Waals surface area contributed by atoms with E-state index in [-0.39, 0.29) is 45.1 Å². The minimum Gasteiger partial charge on any atom is -0.347 e. The average molecular weight is 546 g/mol. The van der Waals surface area contributed by atoms with Crippen molar-refractivity contribution < 1.29 is 13.2 Å². The van der Waals surface area contributed by atoms with Crippen LogP contribution in [-0.4, -0.2) is 34.0 Å². The van der Waals surface area contributed by atoms with Crippen molar-refractivity contribution >= 4 is 5.95 Å². The van der Waals surface area contributed by atoms with Gasteiger partial charge in [-0.2, -0.15) is 23.1 Å². The number of pyridine rings is 1. The van der Waals surface area contributed by atoms with Crippen molar-refractivity contribution in [3.63, 3.8) is 0 Å². The third-order valence-corrected chi connectivity index (χ3v) is 9.29. The van der Waals surface area contributed by atoms with E-state index in [4.69, 9.17) is 0 Å². The van der Waals surface area contributed by atoms with Crippen LogP contribution >= 0.6 is 0 Å². The summed E-state index contributed by atoms with van der Waals surface area (Å²) in [6.45, 7) is 13.4. The molecule has 2 heterocycles. The van der Waals surface area contributed by atoms with Crippen LogP contribution in [0.4, 0.5) is 19.1 Å². The van der Waals surface area contributed by atoms with E-state index in [0.717, 1.165) is 11.6 Å². The molecule has 2 aromatic heterocycles. The molecule has 40 heavy (non-hydrogen) atoms. The molecule has 0 N–H and O–H groups in total. The molecule has 0 saturated heterocycles. The number of hydrogen-bond acceptors (Lipinski definition) is 5. The Balaban J connectivity index is 1.67. The van der Waals surface area contributed by atoms with E-state index >= 15 is 0 Å². The van der Waals surface area contributed by atoms with Crippen LogP contribution in [0.25, 0.3) is 34.0 Å². The molecule has 0 atom stereocenters. The SMILES string of the molecule is CN(C)c1nc(-c2ccccc2)nc(-c2cnc(-c3ccc4c(c3)C(C)(C)C(C)(C)C4(C)C)cc2C(F)(F)F)n1. The Morgan fingerprint density at radius 1 is 0.700 bits per heavy atom. The highest BCUT2D eigenvalue weighted by molar-refractivity contribution is 5.71. The van der Waals surface area contributed by atoms with Crippen molar-refractivity contribution in [2.45, 2.75) is 58.5 Å². The van der Waals surface area contributed by atoms with Crippen LogP contribution in [0.5, 0.6) is 0 Å². The number of benzene rings is 2. The highest BCUT2D eigenvalue weighted by Crippen LogP contribution is 2.61. The second-order valence-corrected chi connectivity index (χ2v) is 12.3. The zero-order chi connectivity index (χ0) is 29.3. The maximum atomic E-state index is 14.5. The smallest absolute Gasteiger partial charge is 0.347 e. The highest BCUT2D eigenvalue weighted by atomic mass is 19.4. The molecule has 0 saturated carbocycles. The minimum absolute atomic E-state index is 0.0609. The lowest BCUT2D eigenvalue weighted by molar-refractivity contribution is -0.137. The maximum absolute atomic E-state index is 14.5. The molecule has 5 nitrogen and oxygen atoms in total. The Bertz CT molecular complexity index is 1590. The van der Waals surface area contributed by atoms with Gasteiger partial charge in [-0.25, -0.2) is 4.98 Å². The summed E-state index contributed by atoms with van der Waals surface area (Å²) in [6, 6.07) is 16.2. The molecule has 0 amide bonds. The van der Waals surface area contributed by atoms with Crippen molar-refractivity contribution in [2.24, 2.45) is 5.41 Å². The van der Waals surface area contributed by atoms with E-state index in [9.17, 15) is 13.2 Å². The molecule has 5 rings (SSSR count). The maximum Gasteiger partial charge on any atom is 0.417 e. The summed E-state index contributed by atoms with van der Waals surface area (Å²) >= 11 is 0. The van der Waals surface area contributed by atoms with Gasteiger partial charge < -0.3 is 4.90 Å². The third kappa shape index (κ3) is 4.25. The van der Waals surface area contributed by atoms with Crippen LogP contribution in [0.3, 0.4) is 0 Å². The fourth-order valence-electron chi connectivity index (χ4n) is 5.65. The monoisotopic (exact) mass is 545 g/mol. The molecule has 2 aromatic carbocycles. The second-order valence-electron chi connectivity index (χ2n) is 12.3. The number of aromatic nitrogens is 4. The number of nitrogens with zero attached hydrogens (tertiary/aromatic N) is 5. The minimum atomic E-state index is -4.65. The second kappa shape index (κ2) is 9.11. The number of alkyl halides is 3. The lowest BCUT2D eigenvalue weighted by Crippen LogP contribution is -2.42. The van der Waals surface area contributed by atoms with Crippen LogP contribution in [-0.2, 0) is 17.0 Å². The van der Waals surface area contributed by atoms with Crippen molar-refractivity contribution in [1.29, 1.82) is 0 Å². The molecule has 0 bridgehead atoms. The normalized spacial score (nSPS) is 17.0. The van der Waals surface area contributed by atoms with Gasteiger partial charge in [-0.05, 0) is 39.5 Å². The van der Waals surface area contributed by atoms with Gasteiger partial charge in [-0.1, -0.05) is 84.0 Å². The van der Waals surface area contributed by atoms with Gasteiger partial charge in [0.1, 0.15) is 0 Å². The zero-order valence-corrected chi connectivity index (χ0v) is 24.1. The zero-order valence-electron chi connectivity index (χ0n) is 24.1. The molecule has 1 aliphatic rings. The van der Waals surface area contributed by atoms with E-state index in [1.165, 1.54) is 11.8 Å². The summed E-state index contributed by atoms with van der Waals surface area (Å²) in [4.78, 5) is 19.4. The Morgan fingerprint density at radius 2 is 1.32 bits per heavy atom. The fourth-order valence-corrected chi connectivity index (χ4v) is 5.65. The Morgan fingerprint density at radius 3 is 1.95 bits per heavy atom. The van der Waals surface area contributed by atoms with Gasteiger partial charge in [0.2, 0.25) is 5.95 Å². The molecule has 0 radical (unpaired) electrons. The van der Waals surface area contributed by atoms with Crippen LogP contribution in [0.2, 0.25) is 0 Å². The largest absolute Gasteiger partial charge is 0.417 e. The summed E-state index contributed by atoms with van der Waals surface area (Å²) in [5.41, 5.74) is 2.56. The average Bonchev–Trinajstić information content (AvgIpc) is 3.01. The molecule has 0 fully saturated rings. The quantitative estimate of drug-likeness (QED) is 0.261. The molecule has 8 heteroatoms. The Kier molecular flexibility index (Phi) is 6.32. The lowest BCUT2D eigenvalue weighted by Gasteiger charge is -2.44. The summed E-state index contributed by atoms with van der Waals surface area (Å²) < 4.78 is 43.6. The Hall–Kier alpha value is -3.81. The summed E-state index contributed by atoms with van der Waals surface area (Å²) in [7, 11) is 3.47. The van der Waals surface area contributed by atoms with Gasteiger partial charge in [0.15, 0.2) is 11.6 Å². The van der Waals surface area contributed by atoms with Gasteiger partial charge >= 0.3 is 6.18 Å². The Labute approximate surface area is 233 Å². The van der Waals surface area contributed by atoms with Crippen molar-refractivity contribution in [3.05, 3.63) is 77.5 Å². The number of hydrogen-bond donors (Lipinski definition) is 0. The van der Waals surface area contributed by atoms with E-state index in [1.54, 1.807) is 19.0 Å². The van der Waals surface area contributed by atoms with Gasteiger partial charge in [0, 0.05) is 37.0 Å². The first-order valence-electron chi connectivity index (χ1n) is 13.3. The molecular weight excluding hydrogens is 511 g/mol. The third-order valence-electron chi connectivity index (χ3n) is 9.29. The molecule has 1 aliphatic carbocycles. The number of halogens is 3. The standard InChI is InChI=1S/C32H34F3N5/c1-29(2)22-15-14-20(16-24(22)30(3,4)31(29,5)6)25-17-23(32(33,34)35)21(18-36-25)27-37-26(19-12-10-9-11-13-19)38-28(39-27)40(7)8/h9-18H,1-8H3. The summed E-state index contributed by atoms with van der Waals surface area (Å²) in [6.07, 6.45) is -3.42. The summed E-state index contributed by atoms with van der Waals surface area (Å²) in [5.74, 6) is 0.465. The number of rotatable bonds is 4. The predicted octanol–water partition coefficient (Wildman–Crippen LogP) is 7.95. The molecule has 0 aliphatic heterocycles. The van der Waals surface area contributed by atoms with E-state index in [2.05, 4.69) is 61.5 Å². The van der Waals surface area contributed by atoms with Crippen LogP contribution in [0.15, 0.2) is 60.8 Å². The van der Waals surface area contributed by atoms with Crippen molar-refractivity contribution in [3.8, 4) is 34.0 Å². The molecule has 0 unspecified atom stereocenters. The first kappa shape index (κ1) is 27.7. The van der Waals surface area contributed by atoms with Crippen LogP contribution < -0.4 is 4.90 Å². The van der Waals surface area contributed by atoms with Crippen molar-refractivity contribution in [1.82, 2.24) is 19.9 Å². The summed E-state index contributed by atoms with van der Waals surface area (Å²) in [5, 5.41) is 0. The van der Waals surface area contributed by atoms with Crippen LogP contribution in [0, 0.1) is 5.41 Å². The first-order chi connectivity index (χ1) is 18.6. The van der Waals surface area contributed by atoms with Gasteiger partial charge in [-0.15, -0.1) is 0 Å². The number of fused-ring (bicyclic) bond motifs is 1. The van der Waals surface area contributed by atoms with Gasteiger partial charge in [-0.3, -0.25) is 4.98 Å². The van der Waals surface area contributed by atoms with E-state index in [1.807, 2.05) is 48.5 Å². The fraction of sp³-hybridized carbons (Fsp3) is 0.375. The number of anilines is 1. The van der Waals surface area contributed by atoms with Crippen molar-refractivity contribution in [2.75, 3.05) is 19.0 Å². The van der Waals surface area contributed by atoms with E-state index in [0.29, 0.717) is 11.1 Å². The lowest BCUT2D eigenvalue weighted by atomic mass is 9.59. The highest BCUT2D eigenvalue weighted by Gasteiger charge is 2.56. The van der Waals surface area contributed by atoms with E-state index < -0.39 is 11.7 Å².